The first-order valence-corrected chi connectivity index (χ1v) is 8.02. The minimum absolute atomic E-state index is 0.00864. The highest BCUT2D eigenvalue weighted by Gasteiger charge is 2.37. The Kier molecular flexibility index (Phi) is 5.76. The van der Waals surface area contributed by atoms with Gasteiger partial charge in [0, 0.05) is 25.7 Å². The number of rotatable bonds is 5. The van der Waals surface area contributed by atoms with Gasteiger partial charge >= 0.3 is 5.97 Å². The third-order valence-electron chi connectivity index (χ3n) is 3.63. The van der Waals surface area contributed by atoms with Gasteiger partial charge in [0.05, 0.1) is 13.5 Å². The molecule has 0 N–H and O–H groups in total. The fourth-order valence-corrected chi connectivity index (χ4v) is 4.24. The maximum atomic E-state index is 12.5. The number of nitrogens with zero attached hydrogens (tertiary/aromatic N) is 2. The number of carbonyl (C=O) groups is 1. The molecule has 1 aliphatic rings. The third-order valence-corrected chi connectivity index (χ3v) is 5.85. The summed E-state index contributed by atoms with van der Waals surface area (Å²) < 4.78 is 32.3. The highest BCUT2D eigenvalue weighted by atomic mass is 32.2. The molecule has 0 aromatic rings. The monoisotopic (exact) mass is 292 g/mol. The van der Waals surface area contributed by atoms with Gasteiger partial charge < -0.3 is 4.74 Å². The largest absolute Gasteiger partial charge is 0.469 e. The molecule has 1 rings (SSSR count). The van der Waals surface area contributed by atoms with Gasteiger partial charge in [0.2, 0.25) is 0 Å². The number of ether oxygens (including phenoxy) is 1. The molecule has 19 heavy (non-hydrogen) atoms. The second-order valence-electron chi connectivity index (χ2n) is 5.11. The topological polar surface area (TPSA) is 66.9 Å². The maximum absolute atomic E-state index is 12.5. The van der Waals surface area contributed by atoms with Gasteiger partial charge in [-0.1, -0.05) is 6.42 Å². The van der Waals surface area contributed by atoms with Crippen LogP contribution in [0.4, 0.5) is 0 Å². The highest BCUT2D eigenvalue weighted by molar-refractivity contribution is 7.86. The lowest BCUT2D eigenvalue weighted by Gasteiger charge is -2.39. The van der Waals surface area contributed by atoms with Crippen LogP contribution in [0.3, 0.4) is 0 Å². The number of hydrogen-bond acceptors (Lipinski definition) is 4. The Morgan fingerprint density at radius 2 is 1.84 bits per heavy atom. The van der Waals surface area contributed by atoms with Crippen LogP contribution < -0.4 is 0 Å². The SMILES string of the molecule is COC(=O)CCN(C)S(=O)(=O)N1C(C)CCCC1C. The van der Waals surface area contributed by atoms with E-state index in [1.54, 1.807) is 4.31 Å². The zero-order valence-corrected chi connectivity index (χ0v) is 12.9. The van der Waals surface area contributed by atoms with E-state index in [9.17, 15) is 13.2 Å². The summed E-state index contributed by atoms with van der Waals surface area (Å²) in [6.45, 7) is 4.01. The van der Waals surface area contributed by atoms with Gasteiger partial charge in [-0.3, -0.25) is 4.79 Å². The van der Waals surface area contributed by atoms with Gasteiger partial charge in [0.25, 0.3) is 10.2 Å². The van der Waals surface area contributed by atoms with Gasteiger partial charge in [0.15, 0.2) is 0 Å². The van der Waals surface area contributed by atoms with Crippen molar-refractivity contribution < 1.29 is 17.9 Å². The van der Waals surface area contributed by atoms with Crippen molar-refractivity contribution >= 4 is 16.2 Å². The van der Waals surface area contributed by atoms with Crippen LogP contribution >= 0.6 is 0 Å². The zero-order chi connectivity index (χ0) is 14.6. The van der Waals surface area contributed by atoms with E-state index in [0.717, 1.165) is 19.3 Å². The van der Waals surface area contributed by atoms with E-state index in [2.05, 4.69) is 4.74 Å². The Morgan fingerprint density at radius 3 is 2.32 bits per heavy atom. The van der Waals surface area contributed by atoms with Crippen molar-refractivity contribution in [2.45, 2.75) is 51.6 Å². The van der Waals surface area contributed by atoms with Gasteiger partial charge in [-0.2, -0.15) is 17.0 Å². The lowest BCUT2D eigenvalue weighted by molar-refractivity contribution is -0.140. The predicted octanol–water partition coefficient (Wildman–Crippen LogP) is 0.989. The van der Waals surface area contributed by atoms with E-state index in [4.69, 9.17) is 0 Å². The van der Waals surface area contributed by atoms with Gasteiger partial charge in [-0.25, -0.2) is 0 Å². The fourth-order valence-electron chi connectivity index (χ4n) is 2.48. The number of methoxy groups -OCH3 is 1. The summed E-state index contributed by atoms with van der Waals surface area (Å²) in [5, 5.41) is 0. The molecule has 0 radical (unpaired) electrons. The molecule has 0 amide bonds. The molecule has 1 heterocycles. The Hall–Kier alpha value is -0.660. The minimum atomic E-state index is -3.51. The molecule has 0 bridgehead atoms. The summed E-state index contributed by atoms with van der Waals surface area (Å²) in [5.74, 6) is -0.401. The van der Waals surface area contributed by atoms with E-state index in [-0.39, 0.29) is 25.0 Å². The van der Waals surface area contributed by atoms with Gasteiger partial charge in [0.1, 0.15) is 0 Å². The lowest BCUT2D eigenvalue weighted by atomic mass is 10.0. The molecule has 2 unspecified atom stereocenters. The second kappa shape index (κ2) is 6.67. The number of carbonyl (C=O) groups excluding carboxylic acids is 1. The smallest absolute Gasteiger partial charge is 0.306 e. The van der Waals surface area contributed by atoms with Crippen LogP contribution in [-0.2, 0) is 19.7 Å². The Labute approximate surface area is 115 Å². The molecule has 0 aromatic heterocycles. The van der Waals surface area contributed by atoms with E-state index >= 15 is 0 Å². The first-order chi connectivity index (χ1) is 8.80. The molecule has 6 nitrogen and oxygen atoms in total. The van der Waals surface area contributed by atoms with Crippen molar-refractivity contribution in [3.8, 4) is 0 Å². The standard InChI is InChI=1S/C12H24N2O4S/c1-10-6-5-7-11(2)14(10)19(16,17)13(3)9-8-12(15)18-4/h10-11H,5-9H2,1-4H3. The molecular weight excluding hydrogens is 268 g/mol. The summed E-state index contributed by atoms with van der Waals surface area (Å²) >= 11 is 0. The molecule has 1 aliphatic heterocycles. The summed E-state index contributed by atoms with van der Waals surface area (Å²) in [7, 11) is -0.702. The Bertz CT molecular complexity index is 400. The van der Waals surface area contributed by atoms with Crippen LogP contribution in [-0.4, -0.2) is 55.8 Å². The van der Waals surface area contributed by atoms with Crippen molar-refractivity contribution in [1.29, 1.82) is 0 Å². The van der Waals surface area contributed by atoms with E-state index in [0.29, 0.717) is 0 Å². The van der Waals surface area contributed by atoms with Crippen LogP contribution in [0.15, 0.2) is 0 Å². The Morgan fingerprint density at radius 1 is 1.32 bits per heavy atom. The number of esters is 1. The van der Waals surface area contributed by atoms with Crippen molar-refractivity contribution in [2.24, 2.45) is 0 Å². The first-order valence-electron chi connectivity index (χ1n) is 6.62. The minimum Gasteiger partial charge on any atom is -0.469 e. The average Bonchev–Trinajstić information content (AvgIpc) is 2.34. The third kappa shape index (κ3) is 3.90. The number of piperidine rings is 1. The fraction of sp³-hybridized carbons (Fsp3) is 0.917. The summed E-state index contributed by atoms with van der Waals surface area (Å²) in [5.41, 5.74) is 0. The van der Waals surface area contributed by atoms with Crippen LogP contribution in [0, 0.1) is 0 Å². The molecule has 1 saturated heterocycles. The normalized spacial score (nSPS) is 25.5. The van der Waals surface area contributed by atoms with Crippen LogP contribution in [0.25, 0.3) is 0 Å². The molecule has 0 saturated carbocycles. The Balaban J connectivity index is 2.75. The number of hydrogen-bond donors (Lipinski definition) is 0. The quantitative estimate of drug-likeness (QED) is 0.709. The van der Waals surface area contributed by atoms with Gasteiger partial charge in [-0.05, 0) is 26.7 Å². The van der Waals surface area contributed by atoms with Gasteiger partial charge in [-0.15, -0.1) is 0 Å². The highest BCUT2D eigenvalue weighted by Crippen LogP contribution is 2.26. The van der Waals surface area contributed by atoms with Crippen LogP contribution in [0.2, 0.25) is 0 Å². The molecule has 0 aromatic carbocycles. The van der Waals surface area contributed by atoms with Crippen molar-refractivity contribution in [3.05, 3.63) is 0 Å². The predicted molar refractivity (Wildman–Crippen MR) is 72.8 cm³/mol. The van der Waals surface area contributed by atoms with Crippen LogP contribution in [0.5, 0.6) is 0 Å². The summed E-state index contributed by atoms with van der Waals surface area (Å²) in [6.07, 6.45) is 2.89. The van der Waals surface area contributed by atoms with Crippen molar-refractivity contribution in [1.82, 2.24) is 8.61 Å². The van der Waals surface area contributed by atoms with E-state index in [1.807, 2.05) is 13.8 Å². The summed E-state index contributed by atoms with van der Waals surface area (Å²) in [4.78, 5) is 11.1. The lowest BCUT2D eigenvalue weighted by Crippen LogP contribution is -2.52. The molecule has 1 fully saturated rings. The zero-order valence-electron chi connectivity index (χ0n) is 12.1. The van der Waals surface area contributed by atoms with E-state index < -0.39 is 16.2 Å². The molecule has 112 valence electrons. The maximum Gasteiger partial charge on any atom is 0.306 e. The van der Waals surface area contributed by atoms with E-state index in [1.165, 1.54) is 18.5 Å². The van der Waals surface area contributed by atoms with Crippen molar-refractivity contribution in [2.75, 3.05) is 20.7 Å². The molecular formula is C12H24N2O4S. The first kappa shape index (κ1) is 16.4. The second-order valence-corrected chi connectivity index (χ2v) is 7.05. The summed E-state index contributed by atoms with van der Waals surface area (Å²) in [6, 6.07) is 0.0173. The average molecular weight is 292 g/mol. The molecule has 0 aliphatic carbocycles. The molecule has 7 heteroatoms. The van der Waals surface area contributed by atoms with Crippen molar-refractivity contribution in [3.63, 3.8) is 0 Å². The molecule has 0 spiro atoms. The van der Waals surface area contributed by atoms with Crippen LogP contribution in [0.1, 0.15) is 39.5 Å². The molecule has 2 atom stereocenters.